The van der Waals surface area contributed by atoms with Crippen LogP contribution >= 0.6 is 22.9 Å². The first-order valence-electron chi connectivity index (χ1n) is 3.42. The summed E-state index contributed by atoms with van der Waals surface area (Å²) in [4.78, 5) is 1.31. The Bertz CT molecular complexity index is 172. The maximum absolute atomic E-state index is 5.68. The van der Waals surface area contributed by atoms with Crippen LogP contribution < -0.4 is 0 Å². The second kappa shape index (κ2) is 4.75. The molecule has 0 saturated carbocycles. The van der Waals surface area contributed by atoms with Gasteiger partial charge in [-0.25, -0.2) is 0 Å². The van der Waals surface area contributed by atoms with Crippen molar-refractivity contribution in [3.05, 3.63) is 20.8 Å². The summed E-state index contributed by atoms with van der Waals surface area (Å²) in [5.41, 5.74) is 1.29. The third-order valence-electron chi connectivity index (χ3n) is 1.14. The van der Waals surface area contributed by atoms with Crippen molar-refractivity contribution < 1.29 is 0 Å². The molecule has 0 saturated heterocycles. The first-order chi connectivity index (χ1) is 4.70. The van der Waals surface area contributed by atoms with Crippen molar-refractivity contribution in [3.8, 4) is 0 Å². The number of halogens is 1. The van der Waals surface area contributed by atoms with Crippen LogP contribution in [0, 0.1) is 13.8 Å². The van der Waals surface area contributed by atoms with E-state index in [9.17, 15) is 0 Å². The Labute approximate surface area is 71.8 Å². The van der Waals surface area contributed by atoms with Gasteiger partial charge in [-0.15, -0.1) is 11.3 Å². The molecular formula is C8H13ClS. The second-order valence-electron chi connectivity index (χ2n) is 1.79. The highest BCUT2D eigenvalue weighted by Gasteiger charge is 1.95. The van der Waals surface area contributed by atoms with E-state index in [2.05, 4.69) is 13.8 Å². The van der Waals surface area contributed by atoms with Gasteiger partial charge in [0, 0.05) is 4.88 Å². The molecule has 0 N–H and O–H groups in total. The third-order valence-corrected chi connectivity index (χ3v) is 2.42. The summed E-state index contributed by atoms with van der Waals surface area (Å²) in [5, 5.41) is 0. The molecule has 2 heteroatoms. The summed E-state index contributed by atoms with van der Waals surface area (Å²) >= 11 is 7.32. The minimum atomic E-state index is 0.889. The van der Waals surface area contributed by atoms with Gasteiger partial charge in [0.15, 0.2) is 0 Å². The zero-order valence-electron chi connectivity index (χ0n) is 6.86. The van der Waals surface area contributed by atoms with Gasteiger partial charge < -0.3 is 0 Å². The molecule has 10 heavy (non-hydrogen) atoms. The van der Waals surface area contributed by atoms with Gasteiger partial charge in [0.2, 0.25) is 0 Å². The Kier molecular flexibility index (Phi) is 4.75. The topological polar surface area (TPSA) is 0 Å². The highest BCUT2D eigenvalue weighted by molar-refractivity contribution is 7.16. The monoisotopic (exact) mass is 176 g/mol. The molecule has 0 aliphatic rings. The van der Waals surface area contributed by atoms with Crippen molar-refractivity contribution in [2.75, 3.05) is 0 Å². The maximum atomic E-state index is 5.68. The Morgan fingerprint density at radius 2 is 1.80 bits per heavy atom. The lowest BCUT2D eigenvalue weighted by atomic mass is 10.3. The molecule has 0 atom stereocenters. The van der Waals surface area contributed by atoms with Crippen molar-refractivity contribution in [3.63, 3.8) is 0 Å². The van der Waals surface area contributed by atoms with Crippen molar-refractivity contribution >= 4 is 22.9 Å². The predicted octanol–water partition coefficient (Wildman–Crippen LogP) is 4.04. The van der Waals surface area contributed by atoms with Crippen molar-refractivity contribution in [2.45, 2.75) is 27.7 Å². The number of rotatable bonds is 0. The Hall–Kier alpha value is -0.0100. The SMILES string of the molecule is CC.Cc1cc(Cl)sc1C. The van der Waals surface area contributed by atoms with E-state index in [1.165, 1.54) is 10.4 Å². The fraction of sp³-hybridized carbons (Fsp3) is 0.500. The quantitative estimate of drug-likeness (QED) is 0.560. The average Bonchev–Trinajstić information content (AvgIpc) is 2.16. The van der Waals surface area contributed by atoms with Crippen molar-refractivity contribution in [1.82, 2.24) is 0 Å². The van der Waals surface area contributed by atoms with Crippen LogP contribution in [0.15, 0.2) is 6.07 Å². The molecule has 1 aromatic rings. The van der Waals surface area contributed by atoms with Gasteiger partial charge in [-0.1, -0.05) is 25.4 Å². The molecule has 0 fully saturated rings. The van der Waals surface area contributed by atoms with Gasteiger partial charge in [-0.05, 0) is 25.5 Å². The van der Waals surface area contributed by atoms with Crippen LogP contribution in [0.5, 0.6) is 0 Å². The highest BCUT2D eigenvalue weighted by Crippen LogP contribution is 2.24. The zero-order chi connectivity index (χ0) is 8.15. The summed E-state index contributed by atoms with van der Waals surface area (Å²) in [6.07, 6.45) is 0. The molecular weight excluding hydrogens is 164 g/mol. The Balaban J connectivity index is 0.000000371. The van der Waals surface area contributed by atoms with E-state index in [4.69, 9.17) is 11.6 Å². The summed E-state index contributed by atoms with van der Waals surface area (Å²) < 4.78 is 0.889. The Morgan fingerprint density at radius 1 is 1.30 bits per heavy atom. The first kappa shape index (κ1) is 9.99. The summed E-state index contributed by atoms with van der Waals surface area (Å²) in [7, 11) is 0. The molecule has 0 radical (unpaired) electrons. The third kappa shape index (κ3) is 2.72. The number of hydrogen-bond donors (Lipinski definition) is 0. The number of aryl methyl sites for hydroxylation is 2. The van der Waals surface area contributed by atoms with Gasteiger partial charge in [0.05, 0.1) is 4.34 Å². The normalized spacial score (nSPS) is 8.50. The van der Waals surface area contributed by atoms with Crippen LogP contribution in [0.3, 0.4) is 0 Å². The molecule has 0 spiro atoms. The molecule has 0 amide bonds. The Morgan fingerprint density at radius 3 is 1.90 bits per heavy atom. The molecule has 0 bridgehead atoms. The second-order valence-corrected chi connectivity index (χ2v) is 3.68. The molecule has 0 aliphatic carbocycles. The van der Waals surface area contributed by atoms with E-state index in [1.807, 2.05) is 19.9 Å². The fourth-order valence-electron chi connectivity index (χ4n) is 0.528. The molecule has 1 heterocycles. The first-order valence-corrected chi connectivity index (χ1v) is 4.62. The molecule has 1 aromatic heterocycles. The van der Waals surface area contributed by atoms with Gasteiger partial charge in [-0.2, -0.15) is 0 Å². The van der Waals surface area contributed by atoms with Crippen molar-refractivity contribution in [2.24, 2.45) is 0 Å². The average molecular weight is 177 g/mol. The molecule has 0 aromatic carbocycles. The lowest BCUT2D eigenvalue weighted by molar-refractivity contribution is 1.44. The van der Waals surface area contributed by atoms with Crippen LogP contribution in [0.2, 0.25) is 4.34 Å². The molecule has 1 rings (SSSR count). The lowest BCUT2D eigenvalue weighted by Crippen LogP contribution is -1.61. The van der Waals surface area contributed by atoms with Crippen LogP contribution in [0.25, 0.3) is 0 Å². The fourth-order valence-corrected chi connectivity index (χ4v) is 1.79. The van der Waals surface area contributed by atoms with E-state index in [1.54, 1.807) is 11.3 Å². The summed E-state index contributed by atoms with van der Waals surface area (Å²) in [6.45, 7) is 8.14. The lowest BCUT2D eigenvalue weighted by Gasteiger charge is -1.79. The van der Waals surface area contributed by atoms with Crippen LogP contribution in [-0.2, 0) is 0 Å². The van der Waals surface area contributed by atoms with Crippen LogP contribution in [0.4, 0.5) is 0 Å². The molecule has 0 aliphatic heterocycles. The summed E-state index contributed by atoms with van der Waals surface area (Å²) in [6, 6.07) is 1.99. The predicted molar refractivity (Wildman–Crippen MR) is 50.2 cm³/mol. The zero-order valence-corrected chi connectivity index (χ0v) is 8.44. The minimum Gasteiger partial charge on any atom is -0.128 e. The number of hydrogen-bond acceptors (Lipinski definition) is 1. The molecule has 0 nitrogen and oxygen atoms in total. The molecule has 0 unspecified atom stereocenters. The maximum Gasteiger partial charge on any atom is 0.0933 e. The van der Waals surface area contributed by atoms with E-state index in [-0.39, 0.29) is 0 Å². The van der Waals surface area contributed by atoms with E-state index in [0.717, 1.165) is 4.34 Å². The van der Waals surface area contributed by atoms with E-state index < -0.39 is 0 Å². The minimum absolute atomic E-state index is 0.889. The van der Waals surface area contributed by atoms with E-state index >= 15 is 0 Å². The van der Waals surface area contributed by atoms with E-state index in [0.29, 0.717) is 0 Å². The van der Waals surface area contributed by atoms with Gasteiger partial charge in [0.1, 0.15) is 0 Å². The van der Waals surface area contributed by atoms with Crippen LogP contribution in [0.1, 0.15) is 24.3 Å². The summed E-state index contributed by atoms with van der Waals surface area (Å²) in [5.74, 6) is 0. The van der Waals surface area contributed by atoms with Gasteiger partial charge >= 0.3 is 0 Å². The number of thiophene rings is 1. The standard InChI is InChI=1S/C6H7ClS.C2H6/c1-4-3-6(7)8-5(4)2;1-2/h3H,1-2H3;1-2H3. The van der Waals surface area contributed by atoms with Gasteiger partial charge in [0.25, 0.3) is 0 Å². The highest BCUT2D eigenvalue weighted by atomic mass is 35.5. The smallest absolute Gasteiger partial charge is 0.0933 e. The largest absolute Gasteiger partial charge is 0.128 e. The van der Waals surface area contributed by atoms with Gasteiger partial charge in [-0.3, -0.25) is 0 Å². The molecule has 58 valence electrons. The van der Waals surface area contributed by atoms with Crippen molar-refractivity contribution in [1.29, 1.82) is 0 Å². The van der Waals surface area contributed by atoms with Crippen LogP contribution in [-0.4, -0.2) is 0 Å².